The van der Waals surface area contributed by atoms with E-state index in [1.807, 2.05) is 0 Å². The average Bonchev–Trinajstić information content (AvgIpc) is 2.34. The smallest absolute Gasteiger partial charge is 0.337 e. The van der Waals surface area contributed by atoms with Crippen LogP contribution < -0.4 is 10.6 Å². The second-order valence-corrected chi connectivity index (χ2v) is 4.12. The first-order valence-corrected chi connectivity index (χ1v) is 5.94. The molecule has 0 aliphatic rings. The predicted molar refractivity (Wildman–Crippen MR) is 71.8 cm³/mol. The summed E-state index contributed by atoms with van der Waals surface area (Å²) in [6, 6.07) is 4.24. The van der Waals surface area contributed by atoms with Gasteiger partial charge in [0, 0.05) is 19.3 Å². The number of carbonyl (C=O) groups excluding carboxylic acids is 1. The monoisotopic (exact) mass is 286 g/mol. The van der Waals surface area contributed by atoms with E-state index in [2.05, 4.69) is 10.6 Å². The number of nitrogens with one attached hydrogen (secondary N) is 2. The van der Waals surface area contributed by atoms with Crippen molar-refractivity contribution < 1.29 is 19.4 Å². The first kappa shape index (κ1) is 15.4. The zero-order valence-corrected chi connectivity index (χ0v) is 11.2. The molecular formula is C12H15ClN2O4. The Morgan fingerprint density at radius 3 is 2.74 bits per heavy atom. The summed E-state index contributed by atoms with van der Waals surface area (Å²) in [7, 11) is 1.58. The van der Waals surface area contributed by atoms with Crippen LogP contribution in [0.3, 0.4) is 0 Å². The molecule has 3 N–H and O–H groups in total. The quantitative estimate of drug-likeness (QED) is 0.656. The fourth-order valence-electron chi connectivity index (χ4n) is 1.35. The number of carboxylic acids is 1. The largest absolute Gasteiger partial charge is 0.478 e. The molecule has 1 aromatic carbocycles. The van der Waals surface area contributed by atoms with Crippen molar-refractivity contribution >= 4 is 29.2 Å². The van der Waals surface area contributed by atoms with E-state index in [0.29, 0.717) is 18.8 Å². The highest BCUT2D eigenvalue weighted by molar-refractivity contribution is 6.33. The molecule has 0 heterocycles. The second kappa shape index (κ2) is 7.73. The van der Waals surface area contributed by atoms with Crippen LogP contribution in [0, 0.1) is 0 Å². The lowest BCUT2D eigenvalue weighted by molar-refractivity contribution is -0.115. The van der Waals surface area contributed by atoms with Gasteiger partial charge in [-0.3, -0.25) is 4.79 Å². The van der Waals surface area contributed by atoms with Crippen LogP contribution in [0.2, 0.25) is 5.02 Å². The average molecular weight is 287 g/mol. The van der Waals surface area contributed by atoms with E-state index in [1.54, 1.807) is 7.11 Å². The van der Waals surface area contributed by atoms with Gasteiger partial charge in [0.15, 0.2) is 0 Å². The molecule has 0 aliphatic carbocycles. The minimum Gasteiger partial charge on any atom is -0.478 e. The number of hydrogen-bond donors (Lipinski definition) is 3. The Labute approximate surface area is 115 Å². The molecule has 0 saturated heterocycles. The van der Waals surface area contributed by atoms with Crippen LogP contribution in [0.25, 0.3) is 0 Å². The fourth-order valence-corrected chi connectivity index (χ4v) is 1.61. The van der Waals surface area contributed by atoms with Crippen LogP contribution in [-0.4, -0.2) is 43.8 Å². The molecule has 0 radical (unpaired) electrons. The molecule has 7 heteroatoms. The molecule has 6 nitrogen and oxygen atoms in total. The maximum atomic E-state index is 11.5. The van der Waals surface area contributed by atoms with Gasteiger partial charge in [0.2, 0.25) is 5.91 Å². The number of rotatable bonds is 7. The Morgan fingerprint density at radius 1 is 1.42 bits per heavy atom. The molecule has 1 rings (SSSR count). The summed E-state index contributed by atoms with van der Waals surface area (Å²) in [4.78, 5) is 22.3. The minimum atomic E-state index is -1.11. The van der Waals surface area contributed by atoms with Gasteiger partial charge in [-0.05, 0) is 18.2 Å². The number of ether oxygens (including phenoxy) is 1. The zero-order valence-electron chi connectivity index (χ0n) is 10.4. The molecule has 19 heavy (non-hydrogen) atoms. The number of carboxylic acid groups (broad SMARTS) is 1. The van der Waals surface area contributed by atoms with E-state index in [-0.39, 0.29) is 23.0 Å². The molecule has 0 aromatic heterocycles. The summed E-state index contributed by atoms with van der Waals surface area (Å²) in [5, 5.41) is 14.4. The third-order valence-electron chi connectivity index (χ3n) is 2.25. The lowest BCUT2D eigenvalue weighted by Crippen LogP contribution is -2.30. The highest BCUT2D eigenvalue weighted by Crippen LogP contribution is 2.20. The maximum Gasteiger partial charge on any atom is 0.337 e. The first-order chi connectivity index (χ1) is 9.04. The fraction of sp³-hybridized carbons (Fsp3) is 0.333. The van der Waals surface area contributed by atoms with Crippen LogP contribution in [0.5, 0.6) is 0 Å². The van der Waals surface area contributed by atoms with Crippen LogP contribution in [-0.2, 0) is 9.53 Å². The maximum absolute atomic E-state index is 11.5. The molecule has 0 fully saturated rings. The second-order valence-electron chi connectivity index (χ2n) is 3.72. The normalized spacial score (nSPS) is 10.2. The van der Waals surface area contributed by atoms with Crippen LogP contribution in [0.1, 0.15) is 10.4 Å². The van der Waals surface area contributed by atoms with Crippen LogP contribution in [0.4, 0.5) is 5.69 Å². The molecule has 0 saturated carbocycles. The number of aromatic carboxylic acids is 1. The number of anilines is 1. The van der Waals surface area contributed by atoms with E-state index in [1.165, 1.54) is 18.2 Å². The summed E-state index contributed by atoms with van der Waals surface area (Å²) in [6.07, 6.45) is 0. The lowest BCUT2D eigenvalue weighted by Gasteiger charge is -2.07. The highest BCUT2D eigenvalue weighted by atomic mass is 35.5. The molecular weight excluding hydrogens is 272 g/mol. The van der Waals surface area contributed by atoms with Crippen LogP contribution >= 0.6 is 11.6 Å². The van der Waals surface area contributed by atoms with Crippen LogP contribution in [0.15, 0.2) is 18.2 Å². The van der Waals surface area contributed by atoms with Gasteiger partial charge < -0.3 is 20.5 Å². The van der Waals surface area contributed by atoms with Crippen molar-refractivity contribution in [1.29, 1.82) is 0 Å². The van der Waals surface area contributed by atoms with E-state index < -0.39 is 5.97 Å². The van der Waals surface area contributed by atoms with Gasteiger partial charge in [-0.25, -0.2) is 4.79 Å². The predicted octanol–water partition coefficient (Wildman–Crippen LogP) is 1.21. The Morgan fingerprint density at radius 2 is 2.16 bits per heavy atom. The van der Waals surface area contributed by atoms with E-state index in [4.69, 9.17) is 21.4 Å². The molecule has 0 atom stereocenters. The van der Waals surface area contributed by atoms with Gasteiger partial charge in [0.25, 0.3) is 0 Å². The topological polar surface area (TPSA) is 87.7 Å². The van der Waals surface area contributed by atoms with Crippen molar-refractivity contribution in [3.63, 3.8) is 0 Å². The van der Waals surface area contributed by atoms with Gasteiger partial charge in [0.1, 0.15) is 0 Å². The number of amides is 1. The summed E-state index contributed by atoms with van der Waals surface area (Å²) in [6.45, 7) is 1.23. The number of halogens is 1. The Bertz CT molecular complexity index is 465. The van der Waals surface area contributed by atoms with Gasteiger partial charge in [0.05, 0.1) is 23.7 Å². The number of benzene rings is 1. The number of methoxy groups -OCH3 is 1. The third-order valence-corrected chi connectivity index (χ3v) is 2.56. The zero-order chi connectivity index (χ0) is 14.3. The molecule has 1 aromatic rings. The first-order valence-electron chi connectivity index (χ1n) is 5.57. The summed E-state index contributed by atoms with van der Waals surface area (Å²) >= 11 is 5.79. The summed E-state index contributed by atoms with van der Waals surface area (Å²) < 4.78 is 4.83. The van der Waals surface area contributed by atoms with Crippen molar-refractivity contribution in [2.75, 3.05) is 32.1 Å². The Kier molecular flexibility index (Phi) is 6.27. The third kappa shape index (κ3) is 5.25. The number of hydrogen-bond acceptors (Lipinski definition) is 4. The van der Waals surface area contributed by atoms with Gasteiger partial charge >= 0.3 is 5.97 Å². The number of carbonyl (C=O) groups is 2. The van der Waals surface area contributed by atoms with E-state index >= 15 is 0 Å². The standard InChI is InChI=1S/C12H15ClN2O4/c1-19-5-4-14-7-11(16)15-8-2-3-9(12(17)18)10(13)6-8/h2-3,6,14H,4-5,7H2,1H3,(H,15,16)(H,17,18). The van der Waals surface area contributed by atoms with Crippen molar-refractivity contribution in [3.8, 4) is 0 Å². The Hall–Kier alpha value is -1.63. The Balaban J connectivity index is 2.51. The molecule has 0 aliphatic heterocycles. The molecule has 0 spiro atoms. The van der Waals surface area contributed by atoms with E-state index in [9.17, 15) is 9.59 Å². The summed E-state index contributed by atoms with van der Waals surface area (Å²) in [5.74, 6) is -1.35. The van der Waals surface area contributed by atoms with Gasteiger partial charge in [-0.2, -0.15) is 0 Å². The summed E-state index contributed by atoms with van der Waals surface area (Å²) in [5.41, 5.74) is 0.450. The van der Waals surface area contributed by atoms with E-state index in [0.717, 1.165) is 0 Å². The lowest BCUT2D eigenvalue weighted by atomic mass is 10.2. The SMILES string of the molecule is COCCNCC(=O)Nc1ccc(C(=O)O)c(Cl)c1. The molecule has 0 unspecified atom stereocenters. The van der Waals surface area contributed by atoms with Crippen molar-refractivity contribution in [2.24, 2.45) is 0 Å². The van der Waals surface area contributed by atoms with Crippen molar-refractivity contribution in [3.05, 3.63) is 28.8 Å². The highest BCUT2D eigenvalue weighted by Gasteiger charge is 2.10. The molecule has 1 amide bonds. The van der Waals surface area contributed by atoms with Gasteiger partial charge in [-0.1, -0.05) is 11.6 Å². The van der Waals surface area contributed by atoms with Crippen molar-refractivity contribution in [1.82, 2.24) is 5.32 Å². The molecule has 0 bridgehead atoms. The minimum absolute atomic E-state index is 0.00196. The van der Waals surface area contributed by atoms with Gasteiger partial charge in [-0.15, -0.1) is 0 Å². The molecule has 104 valence electrons. The van der Waals surface area contributed by atoms with Crippen molar-refractivity contribution in [2.45, 2.75) is 0 Å².